The lowest BCUT2D eigenvalue weighted by molar-refractivity contribution is 0.177. The van der Waals surface area contributed by atoms with Crippen molar-refractivity contribution in [2.24, 2.45) is 7.05 Å². The lowest BCUT2D eigenvalue weighted by Gasteiger charge is -2.18. The standard InChI is InChI=1S/C13H20N4OS/c1-8-6-9(17(5)15-8)7-10(18)11-12(13(2,3)4)14-16-19-11/h6,10,18H,7H2,1-5H3. The Morgan fingerprint density at radius 2 is 2.11 bits per heavy atom. The van der Waals surface area contributed by atoms with Crippen LogP contribution in [0.25, 0.3) is 0 Å². The molecule has 0 aliphatic heterocycles. The zero-order chi connectivity index (χ0) is 14.2. The molecule has 0 saturated heterocycles. The Morgan fingerprint density at radius 1 is 1.42 bits per heavy atom. The molecular weight excluding hydrogens is 260 g/mol. The van der Waals surface area contributed by atoms with Crippen LogP contribution in [0.2, 0.25) is 0 Å². The molecule has 2 heterocycles. The van der Waals surface area contributed by atoms with Gasteiger partial charge in [-0.1, -0.05) is 25.3 Å². The topological polar surface area (TPSA) is 63.8 Å². The number of hydrogen-bond acceptors (Lipinski definition) is 5. The number of aromatic nitrogens is 4. The monoisotopic (exact) mass is 280 g/mol. The van der Waals surface area contributed by atoms with E-state index in [1.807, 2.05) is 24.7 Å². The van der Waals surface area contributed by atoms with Gasteiger partial charge in [-0.05, 0) is 24.5 Å². The first-order valence-electron chi connectivity index (χ1n) is 6.29. The van der Waals surface area contributed by atoms with Crippen LogP contribution >= 0.6 is 11.5 Å². The first-order chi connectivity index (χ1) is 8.79. The van der Waals surface area contributed by atoms with Crippen LogP contribution < -0.4 is 0 Å². The van der Waals surface area contributed by atoms with Gasteiger partial charge < -0.3 is 5.11 Å². The van der Waals surface area contributed by atoms with Crippen molar-refractivity contribution in [2.45, 2.75) is 45.6 Å². The molecule has 104 valence electrons. The Labute approximate surface area is 117 Å². The molecule has 0 amide bonds. The molecule has 1 atom stereocenters. The molecule has 0 radical (unpaired) electrons. The van der Waals surface area contributed by atoms with Crippen LogP contribution in [-0.2, 0) is 18.9 Å². The molecule has 0 aliphatic rings. The average Bonchev–Trinajstić information content (AvgIpc) is 2.85. The van der Waals surface area contributed by atoms with E-state index in [1.165, 1.54) is 11.5 Å². The zero-order valence-corrected chi connectivity index (χ0v) is 12.8. The van der Waals surface area contributed by atoms with Gasteiger partial charge in [-0.25, -0.2) is 0 Å². The number of nitrogens with zero attached hydrogens (tertiary/aromatic N) is 4. The summed E-state index contributed by atoms with van der Waals surface area (Å²) in [5.41, 5.74) is 2.75. The third-order valence-corrected chi connectivity index (χ3v) is 3.85. The summed E-state index contributed by atoms with van der Waals surface area (Å²) in [4.78, 5) is 0.853. The van der Waals surface area contributed by atoms with Crippen molar-refractivity contribution in [3.8, 4) is 0 Å². The summed E-state index contributed by atoms with van der Waals surface area (Å²) in [7, 11) is 1.89. The van der Waals surface area contributed by atoms with Crippen LogP contribution in [0.15, 0.2) is 6.07 Å². The summed E-state index contributed by atoms with van der Waals surface area (Å²) in [5, 5.41) is 18.9. The third kappa shape index (κ3) is 3.01. The third-order valence-electron chi connectivity index (χ3n) is 3.03. The fourth-order valence-electron chi connectivity index (χ4n) is 2.08. The summed E-state index contributed by atoms with van der Waals surface area (Å²) in [6.45, 7) is 8.18. The summed E-state index contributed by atoms with van der Waals surface area (Å²) in [6.07, 6.45) is -0.0476. The Kier molecular flexibility index (Phi) is 3.73. The molecule has 0 fully saturated rings. The van der Waals surface area contributed by atoms with Crippen molar-refractivity contribution >= 4 is 11.5 Å². The molecule has 6 heteroatoms. The van der Waals surface area contributed by atoms with Gasteiger partial charge in [-0.3, -0.25) is 4.68 Å². The molecule has 1 N–H and O–H groups in total. The highest BCUT2D eigenvalue weighted by molar-refractivity contribution is 7.05. The highest BCUT2D eigenvalue weighted by Gasteiger charge is 2.26. The lowest BCUT2D eigenvalue weighted by atomic mass is 9.90. The molecule has 0 aromatic carbocycles. The van der Waals surface area contributed by atoms with Gasteiger partial charge in [0.1, 0.15) is 0 Å². The van der Waals surface area contributed by atoms with Crippen molar-refractivity contribution < 1.29 is 5.11 Å². The second-order valence-electron chi connectivity index (χ2n) is 5.86. The Morgan fingerprint density at radius 3 is 2.63 bits per heavy atom. The van der Waals surface area contributed by atoms with Crippen molar-refractivity contribution in [3.05, 3.63) is 28.0 Å². The molecule has 2 aromatic rings. The molecular formula is C13H20N4OS. The molecule has 0 saturated carbocycles. The van der Waals surface area contributed by atoms with Gasteiger partial charge in [0, 0.05) is 24.6 Å². The number of aliphatic hydroxyl groups excluding tert-OH is 1. The normalized spacial score (nSPS) is 13.8. The Hall–Kier alpha value is -1.27. The van der Waals surface area contributed by atoms with Gasteiger partial charge in [-0.15, -0.1) is 5.10 Å². The number of hydrogen-bond donors (Lipinski definition) is 1. The van der Waals surface area contributed by atoms with Crippen LogP contribution in [0.5, 0.6) is 0 Å². The van der Waals surface area contributed by atoms with Gasteiger partial charge in [0.15, 0.2) is 0 Å². The van der Waals surface area contributed by atoms with Gasteiger partial charge in [-0.2, -0.15) is 5.10 Å². The second-order valence-corrected chi connectivity index (χ2v) is 6.64. The summed E-state index contributed by atoms with van der Waals surface area (Å²) < 4.78 is 5.80. The lowest BCUT2D eigenvalue weighted by Crippen LogP contribution is -2.16. The summed E-state index contributed by atoms with van der Waals surface area (Å²) >= 11 is 1.28. The van der Waals surface area contributed by atoms with E-state index in [-0.39, 0.29) is 5.41 Å². The van der Waals surface area contributed by atoms with Crippen LogP contribution in [0.4, 0.5) is 0 Å². The average molecular weight is 280 g/mol. The number of aliphatic hydroxyl groups is 1. The van der Waals surface area contributed by atoms with Gasteiger partial charge >= 0.3 is 0 Å². The van der Waals surface area contributed by atoms with Crippen molar-refractivity contribution in [1.82, 2.24) is 19.4 Å². The van der Waals surface area contributed by atoms with Gasteiger partial charge in [0.25, 0.3) is 0 Å². The van der Waals surface area contributed by atoms with E-state index in [1.54, 1.807) is 0 Å². The van der Waals surface area contributed by atoms with Gasteiger partial charge in [0.05, 0.1) is 22.4 Å². The van der Waals surface area contributed by atoms with Crippen molar-refractivity contribution in [1.29, 1.82) is 0 Å². The van der Waals surface area contributed by atoms with Crippen LogP contribution in [-0.4, -0.2) is 24.5 Å². The van der Waals surface area contributed by atoms with Gasteiger partial charge in [0.2, 0.25) is 0 Å². The van der Waals surface area contributed by atoms with Crippen LogP contribution in [0, 0.1) is 6.92 Å². The maximum absolute atomic E-state index is 10.4. The fourth-order valence-corrected chi connectivity index (χ4v) is 2.93. The largest absolute Gasteiger partial charge is 0.387 e. The summed E-state index contributed by atoms with van der Waals surface area (Å²) in [6, 6.07) is 1.99. The molecule has 5 nitrogen and oxygen atoms in total. The molecule has 0 spiro atoms. The van der Waals surface area contributed by atoms with Crippen molar-refractivity contribution in [3.63, 3.8) is 0 Å². The minimum atomic E-state index is -0.580. The quantitative estimate of drug-likeness (QED) is 0.935. The SMILES string of the molecule is Cc1cc(CC(O)c2snnc2C(C)(C)C)n(C)n1. The molecule has 19 heavy (non-hydrogen) atoms. The van der Waals surface area contributed by atoms with E-state index in [0.29, 0.717) is 6.42 Å². The van der Waals surface area contributed by atoms with E-state index >= 15 is 0 Å². The smallest absolute Gasteiger partial charge is 0.0972 e. The van der Waals surface area contributed by atoms with E-state index in [0.717, 1.165) is 22.0 Å². The summed E-state index contributed by atoms with van der Waals surface area (Å²) in [5.74, 6) is 0. The highest BCUT2D eigenvalue weighted by Crippen LogP contribution is 2.31. The first-order valence-corrected chi connectivity index (χ1v) is 7.06. The second kappa shape index (κ2) is 5.02. The Balaban J connectivity index is 2.24. The number of rotatable bonds is 3. The fraction of sp³-hybridized carbons (Fsp3) is 0.615. The highest BCUT2D eigenvalue weighted by atomic mass is 32.1. The van der Waals surface area contributed by atoms with Crippen molar-refractivity contribution in [2.75, 3.05) is 0 Å². The predicted octanol–water partition coefficient (Wildman–Crippen LogP) is 2.15. The van der Waals surface area contributed by atoms with E-state index in [4.69, 9.17) is 0 Å². The van der Waals surface area contributed by atoms with E-state index < -0.39 is 6.10 Å². The molecule has 1 unspecified atom stereocenters. The molecule has 2 rings (SSSR count). The van der Waals surface area contributed by atoms with Crippen LogP contribution in [0.1, 0.15) is 48.8 Å². The Bertz CT molecular complexity index is 567. The maximum atomic E-state index is 10.4. The maximum Gasteiger partial charge on any atom is 0.0972 e. The predicted molar refractivity (Wildman–Crippen MR) is 75.2 cm³/mol. The minimum Gasteiger partial charge on any atom is -0.387 e. The first kappa shape index (κ1) is 14.1. The molecule has 2 aromatic heterocycles. The number of aryl methyl sites for hydroxylation is 2. The van der Waals surface area contributed by atoms with E-state index in [9.17, 15) is 5.11 Å². The molecule has 0 bridgehead atoms. The minimum absolute atomic E-state index is 0.105. The van der Waals surface area contributed by atoms with Crippen LogP contribution in [0.3, 0.4) is 0 Å². The molecule has 0 aliphatic carbocycles. The zero-order valence-electron chi connectivity index (χ0n) is 12.0. The van der Waals surface area contributed by atoms with E-state index in [2.05, 4.69) is 35.5 Å².